The molecule has 2 aromatic carbocycles. The van der Waals surface area contributed by atoms with Crippen LogP contribution in [0, 0.1) is 0 Å². The molecule has 5 rings (SSSR count). The van der Waals surface area contributed by atoms with Gasteiger partial charge in [-0.25, -0.2) is 14.8 Å². The summed E-state index contributed by atoms with van der Waals surface area (Å²) in [5, 5.41) is 9.28. The van der Waals surface area contributed by atoms with Gasteiger partial charge < -0.3 is 9.67 Å². The van der Waals surface area contributed by atoms with Crippen molar-refractivity contribution < 1.29 is 14.7 Å². The minimum Gasteiger partial charge on any atom is -0.478 e. The van der Waals surface area contributed by atoms with Crippen LogP contribution >= 0.6 is 0 Å². The molecule has 1 amide bonds. The van der Waals surface area contributed by atoms with E-state index in [1.165, 1.54) is 0 Å². The van der Waals surface area contributed by atoms with E-state index >= 15 is 0 Å². The molecule has 3 heterocycles. The zero-order valence-corrected chi connectivity index (χ0v) is 18.3. The maximum atomic E-state index is 13.3. The predicted molar refractivity (Wildman–Crippen MR) is 125 cm³/mol. The van der Waals surface area contributed by atoms with Crippen LogP contribution in [0.5, 0.6) is 0 Å². The number of carboxylic acid groups (broad SMARTS) is 1. The number of imidazole rings is 1. The first-order chi connectivity index (χ1) is 15.9. The van der Waals surface area contributed by atoms with E-state index in [9.17, 15) is 14.7 Å². The monoisotopic (exact) mass is 438 g/mol. The van der Waals surface area contributed by atoms with Crippen LogP contribution < -0.4 is 4.90 Å². The second kappa shape index (κ2) is 8.02. The zero-order chi connectivity index (χ0) is 23.1. The van der Waals surface area contributed by atoms with Crippen molar-refractivity contribution in [2.75, 3.05) is 4.90 Å². The Bertz CT molecular complexity index is 1390. The summed E-state index contributed by atoms with van der Waals surface area (Å²) >= 11 is 0. The van der Waals surface area contributed by atoms with Gasteiger partial charge in [-0.05, 0) is 60.9 Å². The fourth-order valence-electron chi connectivity index (χ4n) is 4.12. The summed E-state index contributed by atoms with van der Waals surface area (Å²) in [6.45, 7) is 4.59. The molecule has 1 N–H and O–H groups in total. The average Bonchev–Trinajstić information content (AvgIpc) is 3.44. The largest absolute Gasteiger partial charge is 0.478 e. The maximum Gasteiger partial charge on any atom is 0.335 e. The minimum absolute atomic E-state index is 0.127. The lowest BCUT2D eigenvalue weighted by Crippen LogP contribution is -2.24. The Labute approximate surface area is 191 Å². The van der Waals surface area contributed by atoms with Gasteiger partial charge in [0.1, 0.15) is 11.5 Å². The Balaban J connectivity index is 1.47. The number of nitrogens with zero attached hydrogens (tertiary/aromatic N) is 4. The molecule has 0 fully saturated rings. The maximum absolute atomic E-state index is 13.3. The van der Waals surface area contributed by atoms with Crippen LogP contribution in [-0.2, 0) is 6.54 Å². The minimum atomic E-state index is -0.982. The Morgan fingerprint density at radius 2 is 1.82 bits per heavy atom. The quantitative estimate of drug-likeness (QED) is 0.471. The number of amides is 1. The van der Waals surface area contributed by atoms with Gasteiger partial charge in [-0.2, -0.15) is 0 Å². The predicted octanol–water partition coefficient (Wildman–Crippen LogP) is 5.05. The summed E-state index contributed by atoms with van der Waals surface area (Å²) in [5.74, 6) is 0.223. The van der Waals surface area contributed by atoms with Crippen LogP contribution in [0.2, 0.25) is 0 Å². The number of hydrogen-bond donors (Lipinski definition) is 1. The normalized spacial score (nSPS) is 12.9. The third kappa shape index (κ3) is 3.67. The Morgan fingerprint density at radius 3 is 2.61 bits per heavy atom. The third-order valence-electron chi connectivity index (χ3n) is 5.82. The van der Waals surface area contributed by atoms with E-state index in [-0.39, 0.29) is 17.5 Å². The van der Waals surface area contributed by atoms with Crippen molar-refractivity contribution in [3.8, 4) is 22.6 Å². The van der Waals surface area contributed by atoms with Gasteiger partial charge in [0.25, 0.3) is 5.91 Å². The van der Waals surface area contributed by atoms with Gasteiger partial charge in [0.05, 0.1) is 12.1 Å². The summed E-state index contributed by atoms with van der Waals surface area (Å²) in [7, 11) is 0. The van der Waals surface area contributed by atoms with Crippen LogP contribution in [0.4, 0.5) is 5.82 Å². The summed E-state index contributed by atoms with van der Waals surface area (Å²) in [6, 6.07) is 18.2. The number of benzene rings is 2. The van der Waals surface area contributed by atoms with E-state index in [0.717, 1.165) is 22.5 Å². The molecule has 0 atom stereocenters. The molecule has 2 aromatic heterocycles. The van der Waals surface area contributed by atoms with Crippen LogP contribution in [-0.4, -0.2) is 31.5 Å². The number of pyridine rings is 1. The van der Waals surface area contributed by atoms with Crippen molar-refractivity contribution in [2.45, 2.75) is 26.4 Å². The van der Waals surface area contributed by atoms with Crippen LogP contribution in [0.1, 0.15) is 46.2 Å². The molecule has 0 unspecified atom stereocenters. The molecule has 33 heavy (non-hydrogen) atoms. The number of anilines is 1. The molecule has 0 aliphatic carbocycles. The molecule has 7 heteroatoms. The van der Waals surface area contributed by atoms with E-state index < -0.39 is 5.97 Å². The zero-order valence-electron chi connectivity index (χ0n) is 18.3. The number of carboxylic acids is 1. The van der Waals surface area contributed by atoms with E-state index in [1.807, 2.05) is 53.2 Å². The number of hydrogen-bond acceptors (Lipinski definition) is 4. The summed E-state index contributed by atoms with van der Waals surface area (Å²) < 4.78 is 2.05. The Hall–Kier alpha value is -4.26. The van der Waals surface area contributed by atoms with Gasteiger partial charge in [0, 0.05) is 24.0 Å². The molecule has 0 radical (unpaired) electrons. The second-order valence-corrected chi connectivity index (χ2v) is 8.28. The molecule has 0 bridgehead atoms. The summed E-state index contributed by atoms with van der Waals surface area (Å²) in [5.41, 5.74) is 3.98. The number of carbonyl (C=O) groups excluding carboxylic acids is 1. The van der Waals surface area contributed by atoms with Crippen molar-refractivity contribution in [2.24, 2.45) is 0 Å². The van der Waals surface area contributed by atoms with E-state index in [2.05, 4.69) is 18.8 Å². The standard InChI is InChI=1S/C26H22N4O3/c1-16(2)29-12-11-27-24(29)22-7-4-8-23(28-22)30-15-20-10-9-18(14-21(20)25(30)31)17-5-3-6-19(13-17)26(32)33/h3-14,16H,15H2,1-2H3,(H,32,33). The summed E-state index contributed by atoms with van der Waals surface area (Å²) in [4.78, 5) is 35.5. The Morgan fingerprint density at radius 1 is 1.03 bits per heavy atom. The number of rotatable bonds is 5. The van der Waals surface area contributed by atoms with Crippen molar-refractivity contribution in [1.29, 1.82) is 0 Å². The van der Waals surface area contributed by atoms with Crippen molar-refractivity contribution >= 4 is 17.7 Å². The number of fused-ring (bicyclic) bond motifs is 1. The number of aromatic carboxylic acids is 1. The lowest BCUT2D eigenvalue weighted by Gasteiger charge is -2.16. The molecular formula is C26H22N4O3. The number of carbonyl (C=O) groups is 2. The lowest BCUT2D eigenvalue weighted by molar-refractivity contribution is 0.0696. The van der Waals surface area contributed by atoms with Crippen LogP contribution in [0.3, 0.4) is 0 Å². The average molecular weight is 438 g/mol. The fraction of sp³-hybridized carbons (Fsp3) is 0.154. The van der Waals surface area contributed by atoms with E-state index in [0.29, 0.717) is 23.6 Å². The highest BCUT2D eigenvalue weighted by atomic mass is 16.4. The van der Waals surface area contributed by atoms with Crippen molar-refractivity contribution in [3.63, 3.8) is 0 Å². The van der Waals surface area contributed by atoms with Gasteiger partial charge >= 0.3 is 5.97 Å². The fourth-order valence-corrected chi connectivity index (χ4v) is 4.12. The smallest absolute Gasteiger partial charge is 0.335 e. The second-order valence-electron chi connectivity index (χ2n) is 8.28. The van der Waals surface area contributed by atoms with Gasteiger partial charge in [0.2, 0.25) is 0 Å². The molecule has 0 saturated heterocycles. The van der Waals surface area contributed by atoms with Gasteiger partial charge in [-0.15, -0.1) is 0 Å². The van der Waals surface area contributed by atoms with Gasteiger partial charge in [-0.3, -0.25) is 9.69 Å². The summed E-state index contributed by atoms with van der Waals surface area (Å²) in [6.07, 6.45) is 3.67. The van der Waals surface area contributed by atoms with Gasteiger partial charge in [-0.1, -0.05) is 30.3 Å². The lowest BCUT2D eigenvalue weighted by atomic mass is 9.99. The molecule has 0 spiro atoms. The van der Waals surface area contributed by atoms with E-state index in [4.69, 9.17) is 4.98 Å². The number of aromatic nitrogens is 3. The molecule has 0 saturated carbocycles. The molecule has 1 aliphatic rings. The molecule has 7 nitrogen and oxygen atoms in total. The van der Waals surface area contributed by atoms with Crippen LogP contribution in [0.25, 0.3) is 22.6 Å². The molecule has 164 valence electrons. The third-order valence-corrected chi connectivity index (χ3v) is 5.82. The highest BCUT2D eigenvalue weighted by molar-refractivity contribution is 6.10. The first-order valence-electron chi connectivity index (χ1n) is 10.7. The van der Waals surface area contributed by atoms with Crippen molar-refractivity contribution in [3.05, 3.63) is 89.7 Å². The van der Waals surface area contributed by atoms with Crippen molar-refractivity contribution in [1.82, 2.24) is 14.5 Å². The Kier molecular flexibility index (Phi) is 5.01. The highest BCUT2D eigenvalue weighted by Crippen LogP contribution is 2.32. The molecule has 4 aromatic rings. The SMILES string of the molecule is CC(C)n1ccnc1-c1cccc(N2Cc3ccc(-c4cccc(C(=O)O)c4)cc3C2=O)n1. The topological polar surface area (TPSA) is 88.3 Å². The highest BCUT2D eigenvalue weighted by Gasteiger charge is 2.30. The molecular weight excluding hydrogens is 416 g/mol. The van der Waals surface area contributed by atoms with Crippen LogP contribution in [0.15, 0.2) is 73.1 Å². The van der Waals surface area contributed by atoms with Gasteiger partial charge in [0.15, 0.2) is 5.82 Å². The first kappa shape index (κ1) is 20.6. The first-order valence-corrected chi connectivity index (χ1v) is 10.7. The molecule has 1 aliphatic heterocycles. The van der Waals surface area contributed by atoms with E-state index in [1.54, 1.807) is 29.3 Å².